The quantitative estimate of drug-likeness (QED) is 0.239. The lowest BCUT2D eigenvalue weighted by molar-refractivity contribution is -0.138. The Morgan fingerprint density at radius 2 is 1.77 bits per heavy atom. The van der Waals surface area contributed by atoms with Gasteiger partial charge in [-0.05, 0) is 60.5 Å². The summed E-state index contributed by atoms with van der Waals surface area (Å²) in [6.45, 7) is 5.42. The molecule has 4 aromatic rings. The van der Waals surface area contributed by atoms with Crippen molar-refractivity contribution in [2.45, 2.75) is 13.0 Å². The summed E-state index contributed by atoms with van der Waals surface area (Å²) < 4.78 is 18.7. The number of benzene rings is 3. The summed E-state index contributed by atoms with van der Waals surface area (Å²) in [5.74, 6) is 1.50. The van der Waals surface area contributed by atoms with Gasteiger partial charge in [0.2, 0.25) is 0 Å². The number of fused-ring (bicyclic) bond motifs is 1. The number of nitrogens with zero attached hydrogens (tertiary/aromatic N) is 2. The molecule has 0 saturated heterocycles. The standard InChI is InChI=1S/C31H26N2O5S/c1-4-17-37-30(35)27-20(2)32-31-33(28(27)22-13-15-23(36-3)16-14-22)29(34)26(39-31)19-21-9-8-12-25(18-21)38-24-10-6-5-7-11-24/h4-16,18-19,28H,1,17H2,2-3H3/b26-19-. The Labute approximate surface area is 229 Å². The molecule has 1 unspecified atom stereocenters. The maximum atomic E-state index is 13.8. The summed E-state index contributed by atoms with van der Waals surface area (Å²) in [6, 6.07) is 23.6. The first-order chi connectivity index (χ1) is 19.0. The number of hydrogen-bond acceptors (Lipinski definition) is 7. The van der Waals surface area contributed by atoms with Gasteiger partial charge in [0.15, 0.2) is 4.80 Å². The average molecular weight is 539 g/mol. The SMILES string of the molecule is C=CCOC(=O)C1=C(C)N=c2s/c(=C\c3cccc(Oc4ccccc4)c3)c(=O)n2C1c1ccc(OC)cc1. The summed E-state index contributed by atoms with van der Waals surface area (Å²) in [6.07, 6.45) is 3.31. The van der Waals surface area contributed by atoms with Gasteiger partial charge >= 0.3 is 5.97 Å². The molecule has 3 aromatic carbocycles. The van der Waals surface area contributed by atoms with Gasteiger partial charge in [-0.1, -0.05) is 66.5 Å². The van der Waals surface area contributed by atoms with E-state index in [1.807, 2.05) is 72.8 Å². The lowest BCUT2D eigenvalue weighted by Crippen LogP contribution is -2.39. The van der Waals surface area contributed by atoms with Gasteiger partial charge in [0.25, 0.3) is 5.56 Å². The maximum Gasteiger partial charge on any atom is 0.338 e. The first kappa shape index (κ1) is 25.9. The van der Waals surface area contributed by atoms with Crippen molar-refractivity contribution in [3.63, 3.8) is 0 Å². The zero-order chi connectivity index (χ0) is 27.4. The fraction of sp³-hybridized carbons (Fsp3) is 0.129. The van der Waals surface area contributed by atoms with Crippen LogP contribution in [0, 0.1) is 0 Å². The van der Waals surface area contributed by atoms with Crippen molar-refractivity contribution in [2.75, 3.05) is 13.7 Å². The van der Waals surface area contributed by atoms with E-state index in [1.54, 1.807) is 30.7 Å². The average Bonchev–Trinajstić information content (AvgIpc) is 3.25. The zero-order valence-corrected chi connectivity index (χ0v) is 22.3. The number of rotatable bonds is 8. The van der Waals surface area contributed by atoms with E-state index in [-0.39, 0.29) is 12.2 Å². The Morgan fingerprint density at radius 1 is 1.03 bits per heavy atom. The van der Waals surface area contributed by atoms with Crippen LogP contribution in [0.1, 0.15) is 24.1 Å². The molecule has 196 valence electrons. The van der Waals surface area contributed by atoms with Crippen molar-refractivity contribution in [3.05, 3.63) is 134 Å². The molecular weight excluding hydrogens is 512 g/mol. The van der Waals surface area contributed by atoms with E-state index in [0.717, 1.165) is 16.9 Å². The molecule has 1 atom stereocenters. The summed E-state index contributed by atoms with van der Waals surface area (Å²) in [4.78, 5) is 32.1. The largest absolute Gasteiger partial charge is 0.497 e. The number of para-hydroxylation sites is 1. The summed E-state index contributed by atoms with van der Waals surface area (Å²) >= 11 is 1.27. The third-order valence-corrected chi connectivity index (χ3v) is 7.12. The molecule has 39 heavy (non-hydrogen) atoms. The predicted octanol–water partition coefficient (Wildman–Crippen LogP) is 4.77. The Bertz CT molecular complexity index is 1730. The number of thiazole rings is 1. The normalized spacial score (nSPS) is 14.8. The zero-order valence-electron chi connectivity index (χ0n) is 21.5. The molecule has 5 rings (SSSR count). The molecule has 7 nitrogen and oxygen atoms in total. The highest BCUT2D eigenvalue weighted by atomic mass is 32.1. The second kappa shape index (κ2) is 11.4. The summed E-state index contributed by atoms with van der Waals surface area (Å²) in [5, 5.41) is 0. The van der Waals surface area contributed by atoms with Crippen LogP contribution in [0.25, 0.3) is 6.08 Å². The Hall–Kier alpha value is -4.69. The molecule has 0 fully saturated rings. The molecule has 0 aliphatic carbocycles. The number of allylic oxidation sites excluding steroid dienone is 1. The number of hydrogen-bond donors (Lipinski definition) is 0. The van der Waals surface area contributed by atoms with Gasteiger partial charge in [0.05, 0.1) is 29.0 Å². The van der Waals surface area contributed by atoms with E-state index in [0.29, 0.717) is 32.1 Å². The molecule has 0 radical (unpaired) electrons. The molecule has 0 amide bonds. The van der Waals surface area contributed by atoms with Gasteiger partial charge in [-0.3, -0.25) is 9.36 Å². The van der Waals surface area contributed by atoms with Gasteiger partial charge in [0.1, 0.15) is 23.9 Å². The number of carbonyl (C=O) groups is 1. The predicted molar refractivity (Wildman–Crippen MR) is 151 cm³/mol. The molecule has 1 aliphatic heterocycles. The lowest BCUT2D eigenvalue weighted by Gasteiger charge is -2.24. The number of ether oxygens (including phenoxy) is 3. The fourth-order valence-corrected chi connectivity index (χ4v) is 5.39. The molecule has 2 heterocycles. The van der Waals surface area contributed by atoms with E-state index in [2.05, 4.69) is 11.6 Å². The van der Waals surface area contributed by atoms with Crippen LogP contribution in [0.5, 0.6) is 17.2 Å². The number of carbonyl (C=O) groups excluding carboxylic acids is 1. The molecule has 0 bridgehead atoms. The number of esters is 1. The van der Waals surface area contributed by atoms with Gasteiger partial charge in [-0.25, -0.2) is 9.79 Å². The van der Waals surface area contributed by atoms with Gasteiger partial charge in [-0.15, -0.1) is 0 Å². The van der Waals surface area contributed by atoms with Gasteiger partial charge in [-0.2, -0.15) is 0 Å². The van der Waals surface area contributed by atoms with Crippen LogP contribution in [-0.2, 0) is 9.53 Å². The van der Waals surface area contributed by atoms with Crippen molar-refractivity contribution in [2.24, 2.45) is 4.99 Å². The highest BCUT2D eigenvalue weighted by Gasteiger charge is 2.33. The molecule has 8 heteroatoms. The van der Waals surface area contributed by atoms with Crippen molar-refractivity contribution >= 4 is 23.4 Å². The van der Waals surface area contributed by atoms with Crippen LogP contribution >= 0.6 is 11.3 Å². The third kappa shape index (κ3) is 5.46. The van der Waals surface area contributed by atoms with Crippen molar-refractivity contribution in [1.29, 1.82) is 0 Å². The topological polar surface area (TPSA) is 79.1 Å². The molecule has 0 saturated carbocycles. The van der Waals surface area contributed by atoms with Crippen LogP contribution in [0.4, 0.5) is 0 Å². The van der Waals surface area contributed by atoms with E-state index in [4.69, 9.17) is 14.2 Å². The minimum Gasteiger partial charge on any atom is -0.497 e. The number of methoxy groups -OCH3 is 1. The van der Waals surface area contributed by atoms with Crippen molar-refractivity contribution in [3.8, 4) is 17.2 Å². The van der Waals surface area contributed by atoms with E-state index in [9.17, 15) is 9.59 Å². The van der Waals surface area contributed by atoms with Gasteiger partial charge < -0.3 is 14.2 Å². The van der Waals surface area contributed by atoms with Crippen LogP contribution in [0.2, 0.25) is 0 Å². The van der Waals surface area contributed by atoms with Crippen LogP contribution < -0.4 is 24.4 Å². The smallest absolute Gasteiger partial charge is 0.338 e. The molecule has 0 N–H and O–H groups in total. The summed E-state index contributed by atoms with van der Waals surface area (Å²) in [7, 11) is 1.58. The van der Waals surface area contributed by atoms with Crippen molar-refractivity contribution < 1.29 is 19.0 Å². The maximum absolute atomic E-state index is 13.8. The molecule has 1 aliphatic rings. The lowest BCUT2D eigenvalue weighted by atomic mass is 9.96. The van der Waals surface area contributed by atoms with Gasteiger partial charge in [0, 0.05) is 0 Å². The van der Waals surface area contributed by atoms with E-state index >= 15 is 0 Å². The molecule has 1 aromatic heterocycles. The Kier molecular flexibility index (Phi) is 7.56. The monoisotopic (exact) mass is 538 g/mol. The van der Waals surface area contributed by atoms with Crippen molar-refractivity contribution in [1.82, 2.24) is 4.57 Å². The fourth-order valence-electron chi connectivity index (χ4n) is 4.34. The first-order valence-electron chi connectivity index (χ1n) is 12.3. The van der Waals surface area contributed by atoms with Crippen LogP contribution in [0.15, 0.2) is 113 Å². The Morgan fingerprint density at radius 3 is 2.49 bits per heavy atom. The minimum absolute atomic E-state index is 0.0523. The van der Waals surface area contributed by atoms with Crippen LogP contribution in [-0.4, -0.2) is 24.3 Å². The second-order valence-corrected chi connectivity index (χ2v) is 9.74. The highest BCUT2D eigenvalue weighted by Crippen LogP contribution is 2.31. The van der Waals surface area contributed by atoms with Crippen LogP contribution in [0.3, 0.4) is 0 Å². The number of aromatic nitrogens is 1. The van der Waals surface area contributed by atoms with E-state index in [1.165, 1.54) is 17.4 Å². The molecule has 0 spiro atoms. The van der Waals surface area contributed by atoms with E-state index < -0.39 is 12.0 Å². The first-order valence-corrected chi connectivity index (χ1v) is 13.1. The minimum atomic E-state index is -0.709. The summed E-state index contributed by atoms with van der Waals surface area (Å²) in [5.41, 5.74) is 2.09. The molecular formula is C31H26N2O5S. The third-order valence-electron chi connectivity index (χ3n) is 6.14. The second-order valence-electron chi connectivity index (χ2n) is 8.73. The Balaban J connectivity index is 1.60. The highest BCUT2D eigenvalue weighted by molar-refractivity contribution is 7.07.